The van der Waals surface area contributed by atoms with Gasteiger partial charge in [-0.25, -0.2) is 9.97 Å². The Kier molecular flexibility index (Phi) is 4.53. The highest BCUT2D eigenvalue weighted by Crippen LogP contribution is 2.16. The molecule has 2 amide bonds. The van der Waals surface area contributed by atoms with Crippen molar-refractivity contribution in [3.8, 4) is 0 Å². The van der Waals surface area contributed by atoms with E-state index >= 15 is 0 Å². The van der Waals surface area contributed by atoms with Gasteiger partial charge >= 0.3 is 0 Å². The van der Waals surface area contributed by atoms with Gasteiger partial charge in [0, 0.05) is 44.1 Å². The number of carbonyl (C=O) groups excluding carboxylic acids is 2. The van der Waals surface area contributed by atoms with Gasteiger partial charge in [0.2, 0.25) is 0 Å². The summed E-state index contributed by atoms with van der Waals surface area (Å²) in [4.78, 5) is 44.6. The van der Waals surface area contributed by atoms with Crippen molar-refractivity contribution in [1.82, 2.24) is 29.7 Å². The largest absolute Gasteiger partial charge is 0.342 e. The van der Waals surface area contributed by atoms with Crippen molar-refractivity contribution in [3.63, 3.8) is 0 Å². The van der Waals surface area contributed by atoms with E-state index in [-0.39, 0.29) is 11.8 Å². The van der Waals surface area contributed by atoms with Crippen LogP contribution in [0, 0.1) is 6.92 Å². The van der Waals surface area contributed by atoms with Crippen molar-refractivity contribution >= 4 is 22.8 Å². The van der Waals surface area contributed by atoms with Crippen molar-refractivity contribution in [2.24, 2.45) is 0 Å². The maximum atomic E-state index is 12.9. The Labute approximate surface area is 156 Å². The van der Waals surface area contributed by atoms with Crippen molar-refractivity contribution in [1.29, 1.82) is 0 Å². The van der Waals surface area contributed by atoms with Crippen molar-refractivity contribution in [2.75, 3.05) is 26.2 Å². The van der Waals surface area contributed by atoms with Gasteiger partial charge < -0.3 is 14.8 Å². The highest BCUT2D eigenvalue weighted by molar-refractivity contribution is 5.97. The first-order chi connectivity index (χ1) is 13.1. The number of H-pyrrole nitrogens is 1. The SMILES string of the molecule is Cc1nc2ccc(C(=O)N3CCCN(C(=O)c4cnccn4)CC3)cc2[nH]1. The van der Waals surface area contributed by atoms with Gasteiger partial charge in [-0.15, -0.1) is 0 Å². The van der Waals surface area contributed by atoms with Crippen molar-refractivity contribution in [2.45, 2.75) is 13.3 Å². The molecule has 1 aliphatic heterocycles. The van der Waals surface area contributed by atoms with E-state index in [0.717, 1.165) is 23.3 Å². The molecule has 1 fully saturated rings. The third kappa shape index (κ3) is 3.51. The lowest BCUT2D eigenvalue weighted by Crippen LogP contribution is -2.37. The number of imidazole rings is 1. The van der Waals surface area contributed by atoms with Crippen LogP contribution in [0.2, 0.25) is 0 Å². The molecule has 3 heterocycles. The number of nitrogens with one attached hydrogen (secondary N) is 1. The van der Waals surface area contributed by atoms with Crippen LogP contribution in [0.15, 0.2) is 36.8 Å². The molecule has 1 saturated heterocycles. The molecular formula is C19H20N6O2. The predicted molar refractivity (Wildman–Crippen MR) is 99.3 cm³/mol. The molecule has 0 radical (unpaired) electrons. The molecule has 0 spiro atoms. The minimum absolute atomic E-state index is 0.0297. The molecule has 2 aromatic heterocycles. The summed E-state index contributed by atoms with van der Waals surface area (Å²) >= 11 is 0. The van der Waals surface area contributed by atoms with Crippen LogP contribution >= 0.6 is 0 Å². The predicted octanol–water partition coefficient (Wildman–Crippen LogP) is 1.65. The second-order valence-corrected chi connectivity index (χ2v) is 6.58. The van der Waals surface area contributed by atoms with E-state index in [1.807, 2.05) is 19.1 Å². The Morgan fingerprint density at radius 1 is 1.04 bits per heavy atom. The first kappa shape index (κ1) is 17.1. The average Bonchev–Trinajstić information content (AvgIpc) is 2.90. The highest BCUT2D eigenvalue weighted by atomic mass is 16.2. The first-order valence-corrected chi connectivity index (χ1v) is 8.93. The molecule has 0 saturated carbocycles. The molecule has 1 aliphatic rings. The molecule has 0 aliphatic carbocycles. The third-order valence-electron chi connectivity index (χ3n) is 4.70. The molecule has 1 N–H and O–H groups in total. The number of amides is 2. The Hall–Kier alpha value is -3.29. The van der Waals surface area contributed by atoms with Gasteiger partial charge in [0.1, 0.15) is 11.5 Å². The topological polar surface area (TPSA) is 95.1 Å². The van der Waals surface area contributed by atoms with E-state index < -0.39 is 0 Å². The lowest BCUT2D eigenvalue weighted by atomic mass is 10.1. The fourth-order valence-corrected chi connectivity index (χ4v) is 3.35. The fraction of sp³-hybridized carbons (Fsp3) is 0.316. The standard InChI is InChI=1S/C19H20N6O2/c1-13-22-15-4-3-14(11-16(15)23-13)18(26)24-7-2-8-25(10-9-24)19(27)17-12-20-5-6-21-17/h3-6,11-12H,2,7-10H2,1H3,(H,22,23). The number of aromatic nitrogens is 4. The second-order valence-electron chi connectivity index (χ2n) is 6.58. The molecule has 0 bridgehead atoms. The molecule has 27 heavy (non-hydrogen) atoms. The van der Waals surface area contributed by atoms with E-state index in [4.69, 9.17) is 0 Å². The van der Waals surface area contributed by atoms with Gasteiger partial charge in [0.25, 0.3) is 11.8 Å². The third-order valence-corrected chi connectivity index (χ3v) is 4.70. The Bertz CT molecular complexity index is 984. The number of benzene rings is 1. The number of aryl methyl sites for hydroxylation is 1. The van der Waals surface area contributed by atoms with Gasteiger partial charge in [-0.1, -0.05) is 0 Å². The van der Waals surface area contributed by atoms with Crippen LogP contribution < -0.4 is 0 Å². The Morgan fingerprint density at radius 3 is 2.56 bits per heavy atom. The highest BCUT2D eigenvalue weighted by Gasteiger charge is 2.24. The monoisotopic (exact) mass is 364 g/mol. The molecule has 1 aromatic carbocycles. The zero-order valence-corrected chi connectivity index (χ0v) is 15.1. The zero-order valence-electron chi connectivity index (χ0n) is 15.1. The van der Waals surface area contributed by atoms with Crippen LogP contribution in [0.4, 0.5) is 0 Å². The number of carbonyl (C=O) groups is 2. The van der Waals surface area contributed by atoms with Gasteiger partial charge in [-0.3, -0.25) is 14.6 Å². The summed E-state index contributed by atoms with van der Waals surface area (Å²) < 4.78 is 0. The smallest absolute Gasteiger partial charge is 0.274 e. The van der Waals surface area contributed by atoms with E-state index in [9.17, 15) is 9.59 Å². The lowest BCUT2D eigenvalue weighted by Gasteiger charge is -2.22. The van der Waals surface area contributed by atoms with Crippen LogP contribution in [0.25, 0.3) is 11.0 Å². The van der Waals surface area contributed by atoms with Crippen molar-refractivity contribution in [3.05, 3.63) is 53.9 Å². The van der Waals surface area contributed by atoms with E-state index in [0.29, 0.717) is 37.4 Å². The number of aromatic amines is 1. The summed E-state index contributed by atoms with van der Waals surface area (Å²) in [6.45, 7) is 4.07. The van der Waals surface area contributed by atoms with E-state index in [1.54, 1.807) is 15.9 Å². The van der Waals surface area contributed by atoms with Gasteiger partial charge in [-0.05, 0) is 31.5 Å². The number of hydrogen-bond donors (Lipinski definition) is 1. The summed E-state index contributed by atoms with van der Waals surface area (Å²) in [6.07, 6.45) is 5.24. The first-order valence-electron chi connectivity index (χ1n) is 8.93. The van der Waals surface area contributed by atoms with E-state index in [1.165, 1.54) is 18.6 Å². The fourth-order valence-electron chi connectivity index (χ4n) is 3.35. The van der Waals surface area contributed by atoms with Crippen LogP contribution in [-0.4, -0.2) is 67.7 Å². The van der Waals surface area contributed by atoms with Crippen LogP contribution in [0.5, 0.6) is 0 Å². The second kappa shape index (κ2) is 7.14. The summed E-state index contributed by atoms with van der Waals surface area (Å²) in [7, 11) is 0. The molecule has 4 rings (SSSR count). The Morgan fingerprint density at radius 2 is 1.81 bits per heavy atom. The quantitative estimate of drug-likeness (QED) is 0.746. The molecule has 8 heteroatoms. The summed E-state index contributed by atoms with van der Waals surface area (Å²) in [5.74, 6) is 0.646. The lowest BCUT2D eigenvalue weighted by molar-refractivity contribution is 0.0715. The van der Waals surface area contributed by atoms with E-state index in [2.05, 4.69) is 19.9 Å². The summed E-state index contributed by atoms with van der Waals surface area (Å²) in [6, 6.07) is 5.50. The summed E-state index contributed by atoms with van der Waals surface area (Å²) in [5.41, 5.74) is 2.66. The number of fused-ring (bicyclic) bond motifs is 1. The van der Waals surface area contributed by atoms with Crippen molar-refractivity contribution < 1.29 is 9.59 Å². The van der Waals surface area contributed by atoms with Gasteiger partial charge in [0.05, 0.1) is 17.2 Å². The van der Waals surface area contributed by atoms with Crippen LogP contribution in [0.1, 0.15) is 33.1 Å². The molecule has 3 aromatic rings. The molecule has 138 valence electrons. The molecule has 8 nitrogen and oxygen atoms in total. The maximum absolute atomic E-state index is 12.9. The number of rotatable bonds is 2. The van der Waals surface area contributed by atoms with Gasteiger partial charge in [-0.2, -0.15) is 0 Å². The van der Waals surface area contributed by atoms with Gasteiger partial charge in [0.15, 0.2) is 0 Å². The number of hydrogen-bond acceptors (Lipinski definition) is 5. The normalized spacial score (nSPS) is 15.0. The zero-order chi connectivity index (χ0) is 18.8. The average molecular weight is 364 g/mol. The molecule has 0 atom stereocenters. The van der Waals surface area contributed by atoms with Crippen LogP contribution in [-0.2, 0) is 0 Å². The molecular weight excluding hydrogens is 344 g/mol. The minimum atomic E-state index is -0.147. The molecule has 0 unspecified atom stereocenters. The summed E-state index contributed by atoms with van der Waals surface area (Å²) in [5, 5.41) is 0. The Balaban J connectivity index is 1.47. The minimum Gasteiger partial charge on any atom is -0.342 e. The maximum Gasteiger partial charge on any atom is 0.274 e. The van der Waals surface area contributed by atoms with Crippen LogP contribution in [0.3, 0.4) is 0 Å². The number of nitrogens with zero attached hydrogens (tertiary/aromatic N) is 5.